The second kappa shape index (κ2) is 6.34. The van der Waals surface area contributed by atoms with Crippen LogP contribution >= 0.6 is 0 Å². The van der Waals surface area contributed by atoms with E-state index < -0.39 is 0 Å². The molecule has 0 aromatic carbocycles. The normalized spacial score (nSPS) is 26.3. The zero-order chi connectivity index (χ0) is 15.6. The highest BCUT2D eigenvalue weighted by Crippen LogP contribution is 2.40. The van der Waals surface area contributed by atoms with Crippen molar-refractivity contribution in [1.82, 2.24) is 20.1 Å². The van der Waals surface area contributed by atoms with Gasteiger partial charge in [0, 0.05) is 33.3 Å². The fourth-order valence-electron chi connectivity index (χ4n) is 3.64. The first-order chi connectivity index (χ1) is 10.6. The minimum absolute atomic E-state index is 0.211. The molecule has 2 fully saturated rings. The van der Waals surface area contributed by atoms with E-state index in [1.807, 2.05) is 11.8 Å². The van der Waals surface area contributed by atoms with Gasteiger partial charge in [0.1, 0.15) is 11.4 Å². The molecular weight excluding hydrogens is 284 g/mol. The quantitative estimate of drug-likeness (QED) is 0.802. The highest BCUT2D eigenvalue weighted by Gasteiger charge is 2.48. The fraction of sp³-hybridized carbons (Fsp3) is 0.800. The van der Waals surface area contributed by atoms with E-state index in [1.165, 1.54) is 0 Å². The highest BCUT2D eigenvalue weighted by atomic mass is 16.6. The molecule has 7 nitrogen and oxygen atoms in total. The SMILES string of the molecule is COCCN1CCC[C@]2(CCN(Cc3nonc3C)C2)C1=O. The van der Waals surface area contributed by atoms with E-state index >= 15 is 0 Å². The molecule has 0 N–H and O–H groups in total. The summed E-state index contributed by atoms with van der Waals surface area (Å²) in [4.78, 5) is 17.1. The number of likely N-dealkylation sites (tertiary alicyclic amines) is 2. The lowest BCUT2D eigenvalue weighted by atomic mass is 9.78. The Kier molecular flexibility index (Phi) is 4.44. The van der Waals surface area contributed by atoms with E-state index in [9.17, 15) is 4.79 Å². The van der Waals surface area contributed by atoms with Crippen LogP contribution in [-0.4, -0.2) is 65.9 Å². The Morgan fingerprint density at radius 1 is 1.32 bits per heavy atom. The highest BCUT2D eigenvalue weighted by molar-refractivity contribution is 5.84. The van der Waals surface area contributed by atoms with E-state index in [0.717, 1.165) is 50.3 Å². The lowest BCUT2D eigenvalue weighted by molar-refractivity contribution is -0.146. The third kappa shape index (κ3) is 2.87. The van der Waals surface area contributed by atoms with Crippen molar-refractivity contribution in [2.45, 2.75) is 32.7 Å². The number of methoxy groups -OCH3 is 1. The van der Waals surface area contributed by atoms with E-state index in [1.54, 1.807) is 7.11 Å². The zero-order valence-corrected chi connectivity index (χ0v) is 13.4. The van der Waals surface area contributed by atoms with Crippen molar-refractivity contribution in [3.05, 3.63) is 11.4 Å². The van der Waals surface area contributed by atoms with Crippen LogP contribution in [0.15, 0.2) is 4.63 Å². The Morgan fingerprint density at radius 2 is 2.18 bits per heavy atom. The zero-order valence-electron chi connectivity index (χ0n) is 13.4. The van der Waals surface area contributed by atoms with Crippen LogP contribution in [0.3, 0.4) is 0 Å². The van der Waals surface area contributed by atoms with Crippen molar-refractivity contribution in [2.75, 3.05) is 39.9 Å². The van der Waals surface area contributed by atoms with Gasteiger partial charge >= 0.3 is 0 Å². The minimum atomic E-state index is -0.211. The van der Waals surface area contributed by atoms with Crippen LogP contribution in [0.5, 0.6) is 0 Å². The van der Waals surface area contributed by atoms with Crippen LogP contribution in [0.4, 0.5) is 0 Å². The summed E-state index contributed by atoms with van der Waals surface area (Å²) < 4.78 is 9.88. The van der Waals surface area contributed by atoms with Gasteiger partial charge in [0.2, 0.25) is 5.91 Å². The molecule has 122 valence electrons. The number of aryl methyl sites for hydroxylation is 1. The first-order valence-electron chi connectivity index (χ1n) is 7.93. The summed E-state index contributed by atoms with van der Waals surface area (Å²) in [6.45, 7) is 6.51. The molecule has 22 heavy (non-hydrogen) atoms. The number of ether oxygens (including phenoxy) is 1. The van der Waals surface area contributed by atoms with Crippen molar-refractivity contribution in [2.24, 2.45) is 5.41 Å². The van der Waals surface area contributed by atoms with E-state index in [2.05, 4.69) is 15.2 Å². The van der Waals surface area contributed by atoms with Crippen molar-refractivity contribution in [3.8, 4) is 0 Å². The Morgan fingerprint density at radius 3 is 2.91 bits per heavy atom. The molecular formula is C15H24N4O3. The van der Waals surface area contributed by atoms with Crippen LogP contribution in [0, 0.1) is 12.3 Å². The van der Waals surface area contributed by atoms with Gasteiger partial charge in [-0.2, -0.15) is 0 Å². The summed E-state index contributed by atoms with van der Waals surface area (Å²) in [5.74, 6) is 0.299. The summed E-state index contributed by atoms with van der Waals surface area (Å²) in [5.41, 5.74) is 1.49. The maximum atomic E-state index is 12.9. The molecule has 1 aromatic heterocycles. The lowest BCUT2D eigenvalue weighted by Gasteiger charge is -2.39. The van der Waals surface area contributed by atoms with Gasteiger partial charge in [-0.3, -0.25) is 9.69 Å². The first kappa shape index (κ1) is 15.4. The number of rotatable bonds is 5. The molecule has 0 saturated carbocycles. The van der Waals surface area contributed by atoms with E-state index in [-0.39, 0.29) is 5.41 Å². The fourth-order valence-corrected chi connectivity index (χ4v) is 3.64. The van der Waals surface area contributed by atoms with Crippen LogP contribution < -0.4 is 0 Å². The van der Waals surface area contributed by atoms with Gasteiger partial charge in [-0.15, -0.1) is 0 Å². The Bertz CT molecular complexity index is 533. The third-order valence-electron chi connectivity index (χ3n) is 4.94. The van der Waals surface area contributed by atoms with Gasteiger partial charge in [-0.25, -0.2) is 4.63 Å². The molecule has 0 radical (unpaired) electrons. The monoisotopic (exact) mass is 308 g/mol. The molecule has 1 spiro atoms. The smallest absolute Gasteiger partial charge is 0.230 e. The molecule has 2 saturated heterocycles. The maximum Gasteiger partial charge on any atom is 0.230 e. The largest absolute Gasteiger partial charge is 0.383 e. The molecule has 3 rings (SSSR count). The van der Waals surface area contributed by atoms with Crippen molar-refractivity contribution < 1.29 is 14.2 Å². The summed E-state index contributed by atoms with van der Waals surface area (Å²) in [6.07, 6.45) is 3.00. The average molecular weight is 308 g/mol. The first-order valence-corrected chi connectivity index (χ1v) is 7.93. The summed E-state index contributed by atoms with van der Waals surface area (Å²) in [7, 11) is 1.68. The number of amides is 1. The van der Waals surface area contributed by atoms with Crippen molar-refractivity contribution in [3.63, 3.8) is 0 Å². The molecule has 2 aliphatic heterocycles. The number of nitrogens with zero attached hydrogens (tertiary/aromatic N) is 4. The van der Waals surface area contributed by atoms with Crippen molar-refractivity contribution in [1.29, 1.82) is 0 Å². The molecule has 2 aliphatic rings. The van der Waals surface area contributed by atoms with E-state index in [0.29, 0.717) is 25.6 Å². The van der Waals surface area contributed by atoms with Crippen LogP contribution in [-0.2, 0) is 16.1 Å². The Hall–Kier alpha value is -1.47. The number of aromatic nitrogens is 2. The molecule has 0 aliphatic carbocycles. The minimum Gasteiger partial charge on any atom is -0.383 e. The van der Waals surface area contributed by atoms with Crippen molar-refractivity contribution >= 4 is 5.91 Å². The predicted molar refractivity (Wildman–Crippen MR) is 79.1 cm³/mol. The van der Waals surface area contributed by atoms with Gasteiger partial charge in [0.15, 0.2) is 0 Å². The second-order valence-electron chi connectivity index (χ2n) is 6.43. The third-order valence-corrected chi connectivity index (χ3v) is 4.94. The molecule has 7 heteroatoms. The van der Waals surface area contributed by atoms with Gasteiger partial charge < -0.3 is 9.64 Å². The average Bonchev–Trinajstić information content (AvgIpc) is 3.10. The Labute approximate surface area is 130 Å². The van der Waals surface area contributed by atoms with Crippen LogP contribution in [0.25, 0.3) is 0 Å². The van der Waals surface area contributed by atoms with Crippen LogP contribution in [0.2, 0.25) is 0 Å². The number of piperidine rings is 1. The van der Waals surface area contributed by atoms with Gasteiger partial charge in [-0.05, 0) is 32.7 Å². The maximum absolute atomic E-state index is 12.9. The van der Waals surface area contributed by atoms with Gasteiger partial charge in [0.25, 0.3) is 0 Å². The molecule has 1 aromatic rings. The Balaban J connectivity index is 1.64. The number of carbonyl (C=O) groups excluding carboxylic acids is 1. The molecule has 0 unspecified atom stereocenters. The number of hydrogen-bond acceptors (Lipinski definition) is 6. The summed E-state index contributed by atoms with van der Waals surface area (Å²) in [5, 5.41) is 7.77. The summed E-state index contributed by atoms with van der Waals surface area (Å²) >= 11 is 0. The van der Waals surface area contributed by atoms with Gasteiger partial charge in [0.05, 0.1) is 12.0 Å². The number of hydrogen-bond donors (Lipinski definition) is 0. The molecule has 1 amide bonds. The molecule has 0 bridgehead atoms. The number of carbonyl (C=O) groups is 1. The van der Waals surface area contributed by atoms with Crippen LogP contribution in [0.1, 0.15) is 30.7 Å². The molecule has 3 heterocycles. The van der Waals surface area contributed by atoms with E-state index in [4.69, 9.17) is 9.37 Å². The van der Waals surface area contributed by atoms with Gasteiger partial charge in [-0.1, -0.05) is 10.3 Å². The standard InChI is InChI=1S/C15H24N4O3/c1-12-13(17-22-16-12)10-18-7-5-15(11-18)4-3-6-19(14(15)20)8-9-21-2/h3-11H2,1-2H3/t15-/m1/s1. The second-order valence-corrected chi connectivity index (χ2v) is 6.43. The molecule has 1 atom stereocenters. The lowest BCUT2D eigenvalue weighted by Crippen LogP contribution is -2.50. The topological polar surface area (TPSA) is 71.7 Å². The predicted octanol–water partition coefficient (Wildman–Crippen LogP) is 0.839. The summed E-state index contributed by atoms with van der Waals surface area (Å²) in [6, 6.07) is 0.